The number of benzene rings is 2. The summed E-state index contributed by atoms with van der Waals surface area (Å²) < 4.78 is 24.2. The maximum atomic E-state index is 13.7. The summed E-state index contributed by atoms with van der Waals surface area (Å²) in [6.45, 7) is 0. The van der Waals surface area contributed by atoms with Crippen LogP contribution in [0.4, 0.5) is 10.1 Å². The van der Waals surface area contributed by atoms with Gasteiger partial charge in [-0.25, -0.2) is 4.39 Å². The number of rotatable bonds is 4. The summed E-state index contributed by atoms with van der Waals surface area (Å²) in [6, 6.07) is 14.1. The van der Waals surface area contributed by atoms with Gasteiger partial charge < -0.3 is 14.3 Å². The summed E-state index contributed by atoms with van der Waals surface area (Å²) in [5.74, 6) is -0.340. The fourth-order valence-electron chi connectivity index (χ4n) is 2.34. The Labute approximate surface area is 146 Å². The summed E-state index contributed by atoms with van der Waals surface area (Å²) in [5.41, 5.74) is 1.02. The van der Waals surface area contributed by atoms with E-state index in [1.807, 2.05) is 0 Å². The third kappa shape index (κ3) is 3.07. The number of nitrogens with zero attached hydrogens (tertiary/aromatic N) is 3. The van der Waals surface area contributed by atoms with Crippen LogP contribution in [0.25, 0.3) is 23.1 Å². The van der Waals surface area contributed by atoms with Crippen molar-refractivity contribution in [3.05, 3.63) is 72.2 Å². The van der Waals surface area contributed by atoms with E-state index >= 15 is 0 Å². The van der Waals surface area contributed by atoms with Gasteiger partial charge in [0.2, 0.25) is 11.7 Å². The van der Waals surface area contributed by atoms with E-state index in [2.05, 4.69) is 20.7 Å². The van der Waals surface area contributed by atoms with Crippen LogP contribution in [-0.2, 0) is 0 Å². The number of carbonyl (C=O) groups is 1. The first-order valence-electron chi connectivity index (χ1n) is 7.61. The Balaban J connectivity index is 1.57. The van der Waals surface area contributed by atoms with Gasteiger partial charge >= 0.3 is 0 Å². The van der Waals surface area contributed by atoms with Gasteiger partial charge in [-0.3, -0.25) is 4.79 Å². The predicted molar refractivity (Wildman–Crippen MR) is 89.6 cm³/mol. The molecule has 0 spiro atoms. The Bertz CT molecular complexity index is 1060. The Morgan fingerprint density at radius 3 is 2.65 bits per heavy atom. The van der Waals surface area contributed by atoms with Crippen molar-refractivity contribution in [2.24, 2.45) is 0 Å². The molecule has 7 nitrogen and oxygen atoms in total. The van der Waals surface area contributed by atoms with Crippen molar-refractivity contribution < 1.29 is 18.1 Å². The van der Waals surface area contributed by atoms with Gasteiger partial charge in [0, 0.05) is 17.3 Å². The van der Waals surface area contributed by atoms with Crippen LogP contribution in [0, 0.1) is 5.82 Å². The number of halogens is 1. The van der Waals surface area contributed by atoms with Crippen LogP contribution < -0.4 is 5.32 Å². The van der Waals surface area contributed by atoms with Crippen molar-refractivity contribution in [2.45, 2.75) is 0 Å². The first kappa shape index (κ1) is 15.7. The summed E-state index contributed by atoms with van der Waals surface area (Å²) >= 11 is 0. The molecule has 0 aliphatic carbocycles. The highest BCUT2D eigenvalue weighted by Gasteiger charge is 2.15. The Morgan fingerprint density at radius 2 is 1.85 bits per heavy atom. The fourth-order valence-corrected chi connectivity index (χ4v) is 2.34. The minimum Gasteiger partial charge on any atom is -0.413 e. The van der Waals surface area contributed by atoms with E-state index in [-0.39, 0.29) is 17.3 Å². The zero-order valence-electron chi connectivity index (χ0n) is 13.2. The molecule has 2 heterocycles. The number of aromatic nitrogens is 3. The second-order valence-corrected chi connectivity index (χ2v) is 5.30. The lowest BCUT2D eigenvalue weighted by molar-refractivity contribution is 0.102. The van der Waals surface area contributed by atoms with E-state index in [0.29, 0.717) is 17.0 Å². The molecule has 8 heteroatoms. The Morgan fingerprint density at radius 1 is 1.00 bits per heavy atom. The first-order valence-corrected chi connectivity index (χ1v) is 7.61. The first-order chi connectivity index (χ1) is 12.7. The van der Waals surface area contributed by atoms with Gasteiger partial charge in [-0.15, -0.1) is 10.2 Å². The Hall–Kier alpha value is -3.81. The van der Waals surface area contributed by atoms with Crippen LogP contribution >= 0.6 is 0 Å². The third-order valence-corrected chi connectivity index (χ3v) is 3.56. The van der Waals surface area contributed by atoms with Crippen molar-refractivity contribution in [1.29, 1.82) is 0 Å². The average molecular weight is 350 g/mol. The molecule has 4 rings (SSSR count). The standard InChI is InChI=1S/C18H11FN4O3/c19-14-7-2-1-6-13(14)16(24)21-12-5-3-4-11(10-12)17-22-23-18(25-17)15-8-9-20-26-15/h1-10H,(H,21,24). The molecule has 0 bridgehead atoms. The van der Waals surface area contributed by atoms with Crippen molar-refractivity contribution in [3.8, 4) is 23.1 Å². The van der Waals surface area contributed by atoms with E-state index in [1.54, 1.807) is 36.4 Å². The molecule has 0 radical (unpaired) electrons. The SMILES string of the molecule is O=C(Nc1cccc(-c2nnc(-c3ccno3)o2)c1)c1ccccc1F. The lowest BCUT2D eigenvalue weighted by Crippen LogP contribution is -2.13. The molecule has 2 aromatic heterocycles. The van der Waals surface area contributed by atoms with Crippen LogP contribution in [-0.4, -0.2) is 21.3 Å². The quantitative estimate of drug-likeness (QED) is 0.602. The largest absolute Gasteiger partial charge is 0.413 e. The molecule has 0 fully saturated rings. The van der Waals surface area contributed by atoms with Crippen LogP contribution in [0.2, 0.25) is 0 Å². The molecule has 0 saturated heterocycles. The summed E-state index contributed by atoms with van der Waals surface area (Å²) in [5, 5.41) is 14.1. The second kappa shape index (κ2) is 6.60. The zero-order chi connectivity index (χ0) is 17.9. The number of nitrogens with one attached hydrogen (secondary N) is 1. The zero-order valence-corrected chi connectivity index (χ0v) is 13.2. The molecule has 4 aromatic rings. The van der Waals surface area contributed by atoms with Crippen molar-refractivity contribution in [1.82, 2.24) is 15.4 Å². The lowest BCUT2D eigenvalue weighted by Gasteiger charge is -2.06. The summed E-state index contributed by atoms with van der Waals surface area (Å²) in [6.07, 6.45) is 1.47. The minimum atomic E-state index is -0.588. The van der Waals surface area contributed by atoms with Crippen LogP contribution in [0.3, 0.4) is 0 Å². The van der Waals surface area contributed by atoms with Crippen molar-refractivity contribution in [2.75, 3.05) is 5.32 Å². The second-order valence-electron chi connectivity index (χ2n) is 5.30. The molecule has 128 valence electrons. The van der Waals surface area contributed by atoms with Gasteiger partial charge in [-0.1, -0.05) is 23.4 Å². The number of carbonyl (C=O) groups excluding carboxylic acids is 1. The molecule has 1 N–H and O–H groups in total. The molecule has 0 atom stereocenters. The highest BCUT2D eigenvalue weighted by molar-refractivity contribution is 6.04. The van der Waals surface area contributed by atoms with E-state index in [1.165, 1.54) is 24.4 Å². The molecular weight excluding hydrogens is 339 g/mol. The normalized spacial score (nSPS) is 10.7. The van der Waals surface area contributed by atoms with Crippen LogP contribution in [0.1, 0.15) is 10.4 Å². The van der Waals surface area contributed by atoms with E-state index < -0.39 is 11.7 Å². The molecule has 2 aromatic carbocycles. The number of hydrogen-bond donors (Lipinski definition) is 1. The summed E-state index contributed by atoms with van der Waals surface area (Å²) in [7, 11) is 0. The molecule has 0 unspecified atom stereocenters. The van der Waals surface area contributed by atoms with Gasteiger partial charge in [-0.2, -0.15) is 0 Å². The maximum absolute atomic E-state index is 13.7. The van der Waals surface area contributed by atoms with Crippen molar-refractivity contribution >= 4 is 11.6 Å². The molecule has 26 heavy (non-hydrogen) atoms. The van der Waals surface area contributed by atoms with E-state index in [9.17, 15) is 9.18 Å². The monoisotopic (exact) mass is 350 g/mol. The van der Waals surface area contributed by atoms with Gasteiger partial charge in [0.05, 0.1) is 11.8 Å². The van der Waals surface area contributed by atoms with Crippen LogP contribution in [0.15, 0.2) is 69.7 Å². The number of hydrogen-bond acceptors (Lipinski definition) is 6. The van der Waals surface area contributed by atoms with Crippen LogP contribution in [0.5, 0.6) is 0 Å². The summed E-state index contributed by atoms with van der Waals surface area (Å²) in [4.78, 5) is 12.2. The van der Waals surface area contributed by atoms with E-state index in [4.69, 9.17) is 8.94 Å². The van der Waals surface area contributed by atoms with E-state index in [0.717, 1.165) is 0 Å². The lowest BCUT2D eigenvalue weighted by atomic mass is 10.1. The highest BCUT2D eigenvalue weighted by Crippen LogP contribution is 2.25. The average Bonchev–Trinajstić information content (AvgIpc) is 3.34. The third-order valence-electron chi connectivity index (χ3n) is 3.56. The number of amides is 1. The molecular formula is C18H11FN4O3. The predicted octanol–water partition coefficient (Wildman–Crippen LogP) is 3.78. The van der Waals surface area contributed by atoms with Gasteiger partial charge in [-0.05, 0) is 30.3 Å². The maximum Gasteiger partial charge on any atom is 0.286 e. The van der Waals surface area contributed by atoms with Gasteiger partial charge in [0.25, 0.3) is 11.8 Å². The van der Waals surface area contributed by atoms with Gasteiger partial charge in [0.15, 0.2) is 0 Å². The molecule has 0 aliphatic rings. The highest BCUT2D eigenvalue weighted by atomic mass is 19.1. The molecule has 0 saturated carbocycles. The van der Waals surface area contributed by atoms with Gasteiger partial charge in [0.1, 0.15) is 5.82 Å². The smallest absolute Gasteiger partial charge is 0.286 e. The molecule has 0 aliphatic heterocycles. The number of anilines is 1. The minimum absolute atomic E-state index is 0.0386. The Kier molecular flexibility index (Phi) is 3.98. The topological polar surface area (TPSA) is 94.1 Å². The van der Waals surface area contributed by atoms with Crippen molar-refractivity contribution in [3.63, 3.8) is 0 Å². The molecule has 1 amide bonds. The fraction of sp³-hybridized carbons (Fsp3) is 0.